The third kappa shape index (κ3) is 3.99. The molecule has 0 radical (unpaired) electrons. The first kappa shape index (κ1) is 13.9. The summed E-state index contributed by atoms with van der Waals surface area (Å²) < 4.78 is 0. The second kappa shape index (κ2) is 6.10. The van der Waals surface area contributed by atoms with Crippen molar-refractivity contribution in [2.45, 2.75) is 30.7 Å². The van der Waals surface area contributed by atoms with Crippen LogP contribution >= 0.6 is 11.8 Å². The smallest absolute Gasteiger partial charge is 0.326 e. The van der Waals surface area contributed by atoms with Crippen molar-refractivity contribution in [3.05, 3.63) is 29.8 Å². The van der Waals surface area contributed by atoms with Crippen molar-refractivity contribution in [2.75, 3.05) is 5.75 Å². The van der Waals surface area contributed by atoms with Crippen LogP contribution in [0.4, 0.5) is 0 Å². The Morgan fingerprint density at radius 1 is 1.42 bits per heavy atom. The number of nitrogens with one attached hydrogen (secondary N) is 1. The third-order valence-corrected chi connectivity index (χ3v) is 4.30. The van der Waals surface area contributed by atoms with Gasteiger partial charge in [-0.05, 0) is 37.3 Å². The molecule has 0 aliphatic heterocycles. The van der Waals surface area contributed by atoms with Gasteiger partial charge in [-0.25, -0.2) is 4.79 Å². The van der Waals surface area contributed by atoms with Crippen LogP contribution < -0.4 is 5.32 Å². The second-order valence-electron chi connectivity index (χ2n) is 4.78. The normalized spacial score (nSPS) is 15.8. The fourth-order valence-electron chi connectivity index (χ4n) is 1.89. The number of amides is 1. The second-order valence-corrected chi connectivity index (χ2v) is 5.79. The highest BCUT2D eigenvalue weighted by Gasteiger charge is 2.37. The number of hydrogen-bond donors (Lipinski definition) is 2. The summed E-state index contributed by atoms with van der Waals surface area (Å²) in [5, 5.41) is 11.6. The highest BCUT2D eigenvalue weighted by molar-refractivity contribution is 8.00. The molecule has 0 saturated heterocycles. The molecule has 19 heavy (non-hydrogen) atoms. The van der Waals surface area contributed by atoms with E-state index in [1.54, 1.807) is 0 Å². The molecule has 1 aromatic rings. The van der Waals surface area contributed by atoms with E-state index in [4.69, 9.17) is 5.11 Å². The Balaban J connectivity index is 1.84. The molecule has 5 heteroatoms. The van der Waals surface area contributed by atoms with Crippen molar-refractivity contribution in [3.8, 4) is 0 Å². The summed E-state index contributed by atoms with van der Waals surface area (Å²) >= 11 is 1.44. The maximum atomic E-state index is 11.8. The summed E-state index contributed by atoms with van der Waals surface area (Å²) in [5.41, 5.74) is 1.12. The Hall–Kier alpha value is -1.49. The molecular weight excluding hydrogens is 262 g/mol. The van der Waals surface area contributed by atoms with Crippen molar-refractivity contribution in [1.82, 2.24) is 5.32 Å². The lowest BCUT2D eigenvalue weighted by Crippen LogP contribution is -2.43. The number of carboxylic acid groups (broad SMARTS) is 1. The lowest BCUT2D eigenvalue weighted by atomic mass is 10.2. The first-order valence-corrected chi connectivity index (χ1v) is 7.27. The monoisotopic (exact) mass is 279 g/mol. The van der Waals surface area contributed by atoms with Crippen LogP contribution in [0.1, 0.15) is 18.4 Å². The summed E-state index contributed by atoms with van der Waals surface area (Å²) in [4.78, 5) is 23.9. The number of benzene rings is 1. The van der Waals surface area contributed by atoms with Crippen molar-refractivity contribution < 1.29 is 14.7 Å². The number of carbonyl (C=O) groups is 2. The third-order valence-electron chi connectivity index (χ3n) is 3.13. The van der Waals surface area contributed by atoms with Gasteiger partial charge in [0.05, 0.1) is 5.75 Å². The van der Waals surface area contributed by atoms with Crippen LogP contribution in [-0.2, 0) is 9.59 Å². The number of carboxylic acids is 1. The summed E-state index contributed by atoms with van der Waals surface area (Å²) in [6, 6.07) is 7.11. The first-order chi connectivity index (χ1) is 9.08. The quantitative estimate of drug-likeness (QED) is 0.782. The lowest BCUT2D eigenvalue weighted by Gasteiger charge is -2.13. The van der Waals surface area contributed by atoms with Crippen LogP contribution in [0.5, 0.6) is 0 Å². The van der Waals surface area contributed by atoms with Gasteiger partial charge in [0, 0.05) is 4.90 Å². The summed E-state index contributed by atoms with van der Waals surface area (Å²) in [5.74, 6) is -0.782. The van der Waals surface area contributed by atoms with E-state index in [1.807, 2.05) is 31.2 Å². The molecule has 1 aromatic carbocycles. The van der Waals surface area contributed by atoms with E-state index in [-0.39, 0.29) is 17.6 Å². The minimum Gasteiger partial charge on any atom is -0.480 e. The molecule has 2 rings (SSSR count). The minimum atomic E-state index is -0.934. The van der Waals surface area contributed by atoms with E-state index in [0.29, 0.717) is 0 Å². The first-order valence-electron chi connectivity index (χ1n) is 6.28. The van der Waals surface area contributed by atoms with Gasteiger partial charge in [0.25, 0.3) is 0 Å². The number of hydrogen-bond acceptors (Lipinski definition) is 3. The van der Waals surface area contributed by atoms with Crippen LogP contribution in [0.15, 0.2) is 29.2 Å². The van der Waals surface area contributed by atoms with E-state index in [1.165, 1.54) is 11.8 Å². The Morgan fingerprint density at radius 2 is 2.11 bits per heavy atom. The van der Waals surface area contributed by atoms with Crippen LogP contribution in [0.2, 0.25) is 0 Å². The van der Waals surface area contributed by atoms with Gasteiger partial charge >= 0.3 is 5.97 Å². The van der Waals surface area contributed by atoms with E-state index < -0.39 is 12.0 Å². The van der Waals surface area contributed by atoms with Gasteiger partial charge in [-0.3, -0.25) is 4.79 Å². The fraction of sp³-hybridized carbons (Fsp3) is 0.429. The summed E-state index contributed by atoms with van der Waals surface area (Å²) in [6.45, 7) is 1.99. The Bertz CT molecular complexity index is 485. The van der Waals surface area contributed by atoms with Crippen molar-refractivity contribution in [1.29, 1.82) is 0 Å². The number of aliphatic carboxylic acids is 1. The van der Waals surface area contributed by atoms with Gasteiger partial charge in [-0.2, -0.15) is 0 Å². The van der Waals surface area contributed by atoms with Crippen LogP contribution in [-0.4, -0.2) is 28.8 Å². The maximum absolute atomic E-state index is 11.8. The molecule has 1 aliphatic rings. The molecule has 1 aliphatic carbocycles. The van der Waals surface area contributed by atoms with Crippen molar-refractivity contribution in [2.24, 2.45) is 5.92 Å². The zero-order valence-electron chi connectivity index (χ0n) is 10.8. The van der Waals surface area contributed by atoms with Gasteiger partial charge in [-0.15, -0.1) is 11.8 Å². The molecule has 1 atom stereocenters. The number of aryl methyl sites for hydroxylation is 1. The van der Waals surface area contributed by atoms with Crippen LogP contribution in [0.25, 0.3) is 0 Å². The molecular formula is C14H17NO3S. The lowest BCUT2D eigenvalue weighted by molar-refractivity contribution is -0.142. The van der Waals surface area contributed by atoms with Crippen LogP contribution in [0.3, 0.4) is 0 Å². The molecule has 1 unspecified atom stereocenters. The number of carbonyl (C=O) groups excluding carboxylic acids is 1. The summed E-state index contributed by atoms with van der Waals surface area (Å²) in [6.07, 6.45) is 1.78. The molecule has 2 N–H and O–H groups in total. The average Bonchev–Trinajstić information content (AvgIpc) is 3.19. The van der Waals surface area contributed by atoms with Crippen molar-refractivity contribution >= 4 is 23.6 Å². The highest BCUT2D eigenvalue weighted by atomic mass is 32.2. The molecule has 1 saturated carbocycles. The Labute approximate surface area is 116 Å². The predicted octanol–water partition coefficient (Wildman–Crippen LogP) is 2.07. The van der Waals surface area contributed by atoms with Crippen molar-refractivity contribution in [3.63, 3.8) is 0 Å². The topological polar surface area (TPSA) is 66.4 Å². The standard InChI is InChI=1S/C14H17NO3S/c1-9-4-2-3-5-11(9)19-8-12(16)15-13(14(17)18)10-6-7-10/h2-5,10,13H,6-8H2,1H3,(H,15,16)(H,17,18). The minimum absolute atomic E-state index is 0.116. The van der Waals surface area contributed by atoms with Gasteiger partial charge in [0.1, 0.15) is 6.04 Å². The van der Waals surface area contributed by atoms with Gasteiger partial charge in [-0.1, -0.05) is 18.2 Å². The Kier molecular flexibility index (Phi) is 4.47. The van der Waals surface area contributed by atoms with Gasteiger partial charge < -0.3 is 10.4 Å². The molecule has 1 amide bonds. The zero-order valence-corrected chi connectivity index (χ0v) is 11.6. The summed E-state index contributed by atoms with van der Waals surface area (Å²) in [7, 11) is 0. The SMILES string of the molecule is Cc1ccccc1SCC(=O)NC(C(=O)O)C1CC1. The van der Waals surface area contributed by atoms with E-state index >= 15 is 0 Å². The molecule has 0 aromatic heterocycles. The number of rotatable bonds is 6. The Morgan fingerprint density at radius 3 is 2.68 bits per heavy atom. The van der Waals surface area contributed by atoms with E-state index in [0.717, 1.165) is 23.3 Å². The molecule has 0 bridgehead atoms. The molecule has 4 nitrogen and oxygen atoms in total. The molecule has 102 valence electrons. The maximum Gasteiger partial charge on any atom is 0.326 e. The molecule has 1 fully saturated rings. The number of thioether (sulfide) groups is 1. The molecule has 0 spiro atoms. The predicted molar refractivity (Wildman–Crippen MR) is 74.2 cm³/mol. The van der Waals surface area contributed by atoms with Gasteiger partial charge in [0.15, 0.2) is 0 Å². The largest absolute Gasteiger partial charge is 0.480 e. The average molecular weight is 279 g/mol. The fourth-order valence-corrected chi connectivity index (χ4v) is 2.73. The zero-order chi connectivity index (χ0) is 13.8. The van der Waals surface area contributed by atoms with Gasteiger partial charge in [0.2, 0.25) is 5.91 Å². The van der Waals surface area contributed by atoms with E-state index in [2.05, 4.69) is 5.32 Å². The van der Waals surface area contributed by atoms with E-state index in [9.17, 15) is 9.59 Å². The molecule has 0 heterocycles. The highest BCUT2D eigenvalue weighted by Crippen LogP contribution is 2.32. The van der Waals surface area contributed by atoms with Crippen LogP contribution in [0, 0.1) is 12.8 Å².